The molecule has 0 saturated carbocycles. The highest BCUT2D eigenvalue weighted by Crippen LogP contribution is 2.28. The lowest BCUT2D eigenvalue weighted by Crippen LogP contribution is -2.24. The van der Waals surface area contributed by atoms with Gasteiger partial charge in [-0.1, -0.05) is 34.6 Å². The Hall–Kier alpha value is -0.0600. The van der Waals surface area contributed by atoms with Gasteiger partial charge in [-0.25, -0.2) is 4.98 Å². The van der Waals surface area contributed by atoms with E-state index in [9.17, 15) is 0 Å². The molecule has 1 unspecified atom stereocenters. The number of nitrogens with zero attached hydrogens (tertiary/aromatic N) is 1. The van der Waals surface area contributed by atoms with Gasteiger partial charge in [-0.2, -0.15) is 11.8 Å². The van der Waals surface area contributed by atoms with Crippen molar-refractivity contribution in [2.24, 2.45) is 0 Å². The number of aromatic nitrogens is 1. The summed E-state index contributed by atoms with van der Waals surface area (Å²) in [6.45, 7) is 14.4. The van der Waals surface area contributed by atoms with Crippen LogP contribution in [0.4, 0.5) is 0 Å². The maximum Gasteiger partial charge on any atom is 0.103 e. The Kier molecular flexibility index (Phi) is 7.40. The molecular formula is C15H28N2S2. The van der Waals surface area contributed by atoms with Crippen molar-refractivity contribution in [2.75, 3.05) is 0 Å². The number of hydrogen-bond acceptors (Lipinski definition) is 4. The van der Waals surface area contributed by atoms with E-state index in [4.69, 9.17) is 4.98 Å². The van der Waals surface area contributed by atoms with Crippen LogP contribution in [-0.4, -0.2) is 16.3 Å². The summed E-state index contributed by atoms with van der Waals surface area (Å²) >= 11 is 3.86. The van der Waals surface area contributed by atoms with Gasteiger partial charge in [0, 0.05) is 23.2 Å². The summed E-state index contributed by atoms with van der Waals surface area (Å²) in [6.07, 6.45) is 1.17. The second-order valence-electron chi connectivity index (χ2n) is 5.62. The molecule has 0 aliphatic carbocycles. The van der Waals surface area contributed by atoms with Crippen molar-refractivity contribution in [1.82, 2.24) is 10.3 Å². The van der Waals surface area contributed by atoms with Gasteiger partial charge in [0.05, 0.1) is 5.69 Å². The van der Waals surface area contributed by atoms with Crippen molar-refractivity contribution < 1.29 is 0 Å². The fourth-order valence-corrected chi connectivity index (χ4v) is 3.65. The number of rotatable bonds is 8. The highest BCUT2D eigenvalue weighted by Gasteiger charge is 2.14. The van der Waals surface area contributed by atoms with Crippen molar-refractivity contribution in [3.8, 4) is 0 Å². The summed E-state index contributed by atoms with van der Waals surface area (Å²) in [4.78, 5) is 6.27. The molecule has 1 N–H and O–H groups in total. The standard InChI is InChI=1S/C15H28N2S2/c1-7-12(6)16-8-13-15(10(2)3)17-14(19-13)9-18-11(4)5/h10-12,16H,7-9H2,1-6H3. The molecule has 1 aromatic heterocycles. The summed E-state index contributed by atoms with van der Waals surface area (Å²) in [5, 5.41) is 5.54. The molecule has 0 aliphatic rings. The Morgan fingerprint density at radius 3 is 2.42 bits per heavy atom. The maximum absolute atomic E-state index is 4.84. The molecule has 0 radical (unpaired) electrons. The minimum atomic E-state index is 0.516. The Balaban J connectivity index is 2.71. The van der Waals surface area contributed by atoms with E-state index >= 15 is 0 Å². The fourth-order valence-electron chi connectivity index (χ4n) is 1.70. The van der Waals surface area contributed by atoms with E-state index in [1.807, 2.05) is 23.1 Å². The second kappa shape index (κ2) is 8.28. The summed E-state index contributed by atoms with van der Waals surface area (Å²) in [5.41, 5.74) is 1.29. The van der Waals surface area contributed by atoms with Gasteiger partial charge in [-0.3, -0.25) is 0 Å². The van der Waals surface area contributed by atoms with Crippen LogP contribution in [0.3, 0.4) is 0 Å². The van der Waals surface area contributed by atoms with Crippen LogP contribution in [0.15, 0.2) is 0 Å². The average Bonchev–Trinajstić information content (AvgIpc) is 2.77. The normalized spacial score (nSPS) is 13.5. The van der Waals surface area contributed by atoms with Gasteiger partial charge in [0.15, 0.2) is 0 Å². The van der Waals surface area contributed by atoms with E-state index in [1.165, 1.54) is 22.0 Å². The molecule has 1 atom stereocenters. The highest BCUT2D eigenvalue weighted by molar-refractivity contribution is 7.99. The molecule has 1 heterocycles. The van der Waals surface area contributed by atoms with Crippen LogP contribution in [0.5, 0.6) is 0 Å². The lowest BCUT2D eigenvalue weighted by molar-refractivity contribution is 0.534. The first-order valence-corrected chi connectivity index (χ1v) is 9.14. The molecule has 0 saturated heterocycles. The zero-order chi connectivity index (χ0) is 14.4. The van der Waals surface area contributed by atoms with Crippen molar-refractivity contribution in [2.45, 2.75) is 77.5 Å². The molecule has 0 bridgehead atoms. The minimum absolute atomic E-state index is 0.516. The summed E-state index contributed by atoms with van der Waals surface area (Å²) < 4.78 is 0. The number of nitrogens with one attached hydrogen (secondary N) is 1. The van der Waals surface area contributed by atoms with E-state index in [-0.39, 0.29) is 0 Å². The Morgan fingerprint density at radius 1 is 1.21 bits per heavy atom. The Morgan fingerprint density at radius 2 is 1.89 bits per heavy atom. The molecular weight excluding hydrogens is 272 g/mol. The van der Waals surface area contributed by atoms with E-state index in [0.29, 0.717) is 17.2 Å². The monoisotopic (exact) mass is 300 g/mol. The predicted octanol–water partition coefficient (Wildman–Crippen LogP) is 4.80. The smallest absolute Gasteiger partial charge is 0.103 e. The van der Waals surface area contributed by atoms with Crippen LogP contribution in [0, 0.1) is 0 Å². The van der Waals surface area contributed by atoms with Crippen LogP contribution in [-0.2, 0) is 12.3 Å². The summed E-state index contributed by atoms with van der Waals surface area (Å²) in [6, 6.07) is 0.579. The van der Waals surface area contributed by atoms with Crippen LogP contribution >= 0.6 is 23.1 Å². The highest BCUT2D eigenvalue weighted by atomic mass is 32.2. The van der Waals surface area contributed by atoms with Gasteiger partial charge in [-0.15, -0.1) is 11.3 Å². The fraction of sp³-hybridized carbons (Fsp3) is 0.800. The SMILES string of the molecule is CCC(C)NCc1sc(CSC(C)C)nc1C(C)C. The van der Waals surface area contributed by atoms with E-state index in [1.54, 1.807) is 0 Å². The van der Waals surface area contributed by atoms with E-state index in [2.05, 4.69) is 46.9 Å². The van der Waals surface area contributed by atoms with E-state index < -0.39 is 0 Å². The summed E-state index contributed by atoms with van der Waals surface area (Å²) in [7, 11) is 0. The third kappa shape index (κ3) is 5.84. The van der Waals surface area contributed by atoms with Gasteiger partial charge in [0.2, 0.25) is 0 Å². The van der Waals surface area contributed by atoms with Gasteiger partial charge >= 0.3 is 0 Å². The zero-order valence-electron chi connectivity index (χ0n) is 13.1. The number of hydrogen-bond donors (Lipinski definition) is 1. The average molecular weight is 301 g/mol. The molecule has 0 aliphatic heterocycles. The van der Waals surface area contributed by atoms with Crippen molar-refractivity contribution >= 4 is 23.1 Å². The number of thioether (sulfide) groups is 1. The van der Waals surface area contributed by atoms with Crippen LogP contribution in [0.2, 0.25) is 0 Å². The Bertz CT molecular complexity index is 372. The largest absolute Gasteiger partial charge is 0.309 e. The molecule has 0 aromatic carbocycles. The quantitative estimate of drug-likeness (QED) is 0.746. The molecule has 110 valence electrons. The molecule has 1 rings (SSSR count). The molecule has 0 spiro atoms. The maximum atomic E-state index is 4.84. The Labute approximate surface area is 126 Å². The first kappa shape index (κ1) is 17.0. The molecule has 1 aromatic rings. The first-order chi connectivity index (χ1) is 8.93. The first-order valence-electron chi connectivity index (χ1n) is 7.27. The van der Waals surface area contributed by atoms with Gasteiger partial charge in [0.25, 0.3) is 0 Å². The topological polar surface area (TPSA) is 24.9 Å². The minimum Gasteiger partial charge on any atom is -0.309 e. The van der Waals surface area contributed by atoms with Crippen molar-refractivity contribution in [3.63, 3.8) is 0 Å². The molecule has 2 nitrogen and oxygen atoms in total. The van der Waals surface area contributed by atoms with Crippen LogP contribution in [0.25, 0.3) is 0 Å². The second-order valence-corrected chi connectivity index (χ2v) is 8.35. The van der Waals surface area contributed by atoms with Gasteiger partial charge in [-0.05, 0) is 24.5 Å². The van der Waals surface area contributed by atoms with Crippen molar-refractivity contribution in [3.05, 3.63) is 15.6 Å². The van der Waals surface area contributed by atoms with Crippen molar-refractivity contribution in [1.29, 1.82) is 0 Å². The molecule has 4 heteroatoms. The van der Waals surface area contributed by atoms with E-state index in [0.717, 1.165) is 12.3 Å². The van der Waals surface area contributed by atoms with Crippen LogP contribution in [0.1, 0.15) is 69.5 Å². The molecule has 0 fully saturated rings. The van der Waals surface area contributed by atoms with Gasteiger partial charge < -0.3 is 5.32 Å². The van der Waals surface area contributed by atoms with Crippen LogP contribution < -0.4 is 5.32 Å². The lowest BCUT2D eigenvalue weighted by Gasteiger charge is -2.11. The third-order valence-corrected chi connectivity index (χ3v) is 5.44. The molecule has 19 heavy (non-hydrogen) atoms. The molecule has 0 amide bonds. The predicted molar refractivity (Wildman–Crippen MR) is 89.2 cm³/mol. The van der Waals surface area contributed by atoms with Gasteiger partial charge in [0.1, 0.15) is 5.01 Å². The lowest BCUT2D eigenvalue weighted by atomic mass is 10.1. The zero-order valence-corrected chi connectivity index (χ0v) is 14.8. The third-order valence-electron chi connectivity index (χ3n) is 3.08. The summed E-state index contributed by atoms with van der Waals surface area (Å²) in [5.74, 6) is 1.56. The number of thiazole rings is 1.